The molecule has 1 heteroatoms. The maximum Gasteiger partial charge on any atom is 0.150 e. The van der Waals surface area contributed by atoms with Crippen molar-refractivity contribution in [1.29, 1.82) is 0 Å². The normalized spacial score (nSPS) is 13.0. The molecule has 0 heterocycles. The van der Waals surface area contributed by atoms with Crippen molar-refractivity contribution in [2.45, 2.75) is 33.6 Å². The number of rotatable bonds is 3. The Kier molecular flexibility index (Phi) is 4.08. The first-order chi connectivity index (χ1) is 9.39. The van der Waals surface area contributed by atoms with Crippen molar-refractivity contribution >= 4 is 5.78 Å². The Balaban J connectivity index is 2.53. The minimum atomic E-state index is -0.357. The number of aryl methyl sites for hydroxylation is 1. The van der Waals surface area contributed by atoms with Crippen LogP contribution < -0.4 is 0 Å². The molecule has 0 aliphatic carbocycles. The molecule has 2 aromatic carbocycles. The Hall–Kier alpha value is -1.89. The Labute approximate surface area is 121 Å². The van der Waals surface area contributed by atoms with Gasteiger partial charge in [-0.25, -0.2) is 0 Å². The molecule has 0 amide bonds. The zero-order chi connectivity index (χ0) is 14.8. The van der Waals surface area contributed by atoms with E-state index < -0.39 is 0 Å². The van der Waals surface area contributed by atoms with Crippen molar-refractivity contribution in [1.82, 2.24) is 0 Å². The second-order valence-corrected chi connectivity index (χ2v) is 6.37. The summed E-state index contributed by atoms with van der Waals surface area (Å²) in [5.41, 5.74) is 2.98. The predicted octanol–water partition coefficient (Wildman–Crippen LogP) is 4.74. The summed E-state index contributed by atoms with van der Waals surface area (Å²) in [5.74, 6) is 0.0744. The average Bonchev–Trinajstić information content (AvgIpc) is 2.39. The molecular weight excluding hydrogens is 244 g/mol. The number of carbonyl (C=O) groups excluding carboxylic acids is 1. The van der Waals surface area contributed by atoms with Gasteiger partial charge in [-0.15, -0.1) is 0 Å². The molecule has 104 valence electrons. The van der Waals surface area contributed by atoms with Crippen molar-refractivity contribution in [2.75, 3.05) is 0 Å². The van der Waals surface area contributed by atoms with Crippen LogP contribution in [0.25, 0.3) is 0 Å². The summed E-state index contributed by atoms with van der Waals surface area (Å²) in [6, 6.07) is 18.3. The van der Waals surface area contributed by atoms with Gasteiger partial charge in [-0.3, -0.25) is 4.79 Å². The Bertz CT molecular complexity index is 591. The van der Waals surface area contributed by atoms with Gasteiger partial charge in [0.2, 0.25) is 0 Å². The smallest absolute Gasteiger partial charge is 0.150 e. The fourth-order valence-corrected chi connectivity index (χ4v) is 2.42. The number of hydrogen-bond acceptors (Lipinski definition) is 1. The molecule has 1 nitrogen and oxygen atoms in total. The fourth-order valence-electron chi connectivity index (χ4n) is 2.42. The number of hydrogen-bond donors (Lipinski definition) is 0. The lowest BCUT2D eigenvalue weighted by Gasteiger charge is -2.25. The topological polar surface area (TPSA) is 17.1 Å². The lowest BCUT2D eigenvalue weighted by Crippen LogP contribution is -2.27. The molecule has 0 spiro atoms. The molecule has 0 radical (unpaired) electrons. The minimum absolute atomic E-state index is 0.184. The molecule has 0 N–H and O–H groups in total. The Morgan fingerprint density at radius 1 is 0.900 bits per heavy atom. The second kappa shape index (κ2) is 5.62. The first-order valence-corrected chi connectivity index (χ1v) is 7.05. The standard InChI is InChI=1S/C19H22O/c1-14-9-8-12-16(13-14)17(18(20)19(2,3)4)15-10-6-5-7-11-15/h5-13,17H,1-4H3. The molecule has 0 bridgehead atoms. The summed E-state index contributed by atoms with van der Waals surface area (Å²) in [6.07, 6.45) is 0. The third-order valence-electron chi connectivity index (χ3n) is 3.51. The maximum atomic E-state index is 12.9. The van der Waals surface area contributed by atoms with Gasteiger partial charge < -0.3 is 0 Å². The van der Waals surface area contributed by atoms with Crippen LogP contribution in [0.2, 0.25) is 0 Å². The van der Waals surface area contributed by atoms with Crippen LogP contribution in [0.3, 0.4) is 0 Å². The van der Waals surface area contributed by atoms with Gasteiger partial charge in [-0.05, 0) is 18.1 Å². The highest BCUT2D eigenvalue weighted by molar-refractivity contribution is 5.93. The lowest BCUT2D eigenvalue weighted by molar-refractivity contribution is -0.126. The van der Waals surface area contributed by atoms with Crippen LogP contribution in [-0.4, -0.2) is 5.78 Å². The second-order valence-electron chi connectivity index (χ2n) is 6.37. The molecule has 1 unspecified atom stereocenters. The molecule has 0 saturated heterocycles. The zero-order valence-electron chi connectivity index (χ0n) is 12.7. The molecule has 20 heavy (non-hydrogen) atoms. The molecule has 0 aliphatic rings. The molecule has 0 fully saturated rings. The van der Waals surface area contributed by atoms with Gasteiger partial charge in [0, 0.05) is 5.41 Å². The molecular formula is C19H22O. The van der Waals surface area contributed by atoms with E-state index in [0.29, 0.717) is 0 Å². The first-order valence-electron chi connectivity index (χ1n) is 7.05. The summed E-state index contributed by atoms with van der Waals surface area (Å²) in [6.45, 7) is 8.02. The van der Waals surface area contributed by atoms with E-state index in [2.05, 4.69) is 19.1 Å². The van der Waals surface area contributed by atoms with Crippen molar-refractivity contribution in [3.8, 4) is 0 Å². The van der Waals surface area contributed by atoms with Crippen molar-refractivity contribution in [3.05, 3.63) is 71.3 Å². The van der Waals surface area contributed by atoms with Crippen LogP contribution >= 0.6 is 0 Å². The molecule has 1 atom stereocenters. The van der Waals surface area contributed by atoms with Gasteiger partial charge in [0.15, 0.2) is 0 Å². The molecule has 2 rings (SSSR count). The Morgan fingerprint density at radius 2 is 1.50 bits per heavy atom. The van der Waals surface area contributed by atoms with Crippen LogP contribution in [0.4, 0.5) is 0 Å². The van der Waals surface area contributed by atoms with Crippen LogP contribution in [-0.2, 0) is 4.79 Å². The highest BCUT2D eigenvalue weighted by Gasteiger charge is 2.31. The van der Waals surface area contributed by atoms with Crippen molar-refractivity contribution < 1.29 is 4.79 Å². The molecule has 0 aliphatic heterocycles. The number of benzene rings is 2. The van der Waals surface area contributed by atoms with Crippen molar-refractivity contribution in [2.24, 2.45) is 5.41 Å². The van der Waals surface area contributed by atoms with Gasteiger partial charge in [0.1, 0.15) is 5.78 Å². The SMILES string of the molecule is Cc1cccc(C(C(=O)C(C)(C)C)c2ccccc2)c1. The highest BCUT2D eigenvalue weighted by atomic mass is 16.1. The summed E-state index contributed by atoms with van der Waals surface area (Å²) in [4.78, 5) is 12.9. The van der Waals surface area contributed by atoms with E-state index in [1.165, 1.54) is 5.56 Å². The Morgan fingerprint density at radius 3 is 2.05 bits per heavy atom. The third-order valence-corrected chi connectivity index (χ3v) is 3.51. The zero-order valence-corrected chi connectivity index (χ0v) is 12.7. The van der Waals surface area contributed by atoms with Crippen LogP contribution in [0.1, 0.15) is 43.4 Å². The first kappa shape index (κ1) is 14.5. The summed E-state index contributed by atoms with van der Waals surface area (Å²) in [7, 11) is 0. The van der Waals surface area contributed by atoms with Gasteiger partial charge in [0.05, 0.1) is 5.92 Å². The van der Waals surface area contributed by atoms with Crippen LogP contribution in [0, 0.1) is 12.3 Å². The van der Waals surface area contributed by atoms with Gasteiger partial charge >= 0.3 is 0 Å². The van der Waals surface area contributed by atoms with E-state index in [1.54, 1.807) is 0 Å². The molecule has 0 aromatic heterocycles. The number of carbonyl (C=O) groups is 1. The third kappa shape index (κ3) is 3.16. The van der Waals surface area contributed by atoms with E-state index in [4.69, 9.17) is 0 Å². The van der Waals surface area contributed by atoms with Gasteiger partial charge in [-0.2, -0.15) is 0 Å². The van der Waals surface area contributed by atoms with E-state index in [9.17, 15) is 4.79 Å². The van der Waals surface area contributed by atoms with E-state index in [1.807, 2.05) is 63.2 Å². The number of ketones is 1. The van der Waals surface area contributed by atoms with Crippen LogP contribution in [0.15, 0.2) is 54.6 Å². The molecule has 2 aromatic rings. The quantitative estimate of drug-likeness (QED) is 0.784. The van der Waals surface area contributed by atoms with E-state index in [0.717, 1.165) is 11.1 Å². The molecule has 0 saturated carbocycles. The van der Waals surface area contributed by atoms with Crippen molar-refractivity contribution in [3.63, 3.8) is 0 Å². The monoisotopic (exact) mass is 266 g/mol. The number of Topliss-reactive ketones (excluding diaryl/α,β-unsaturated/α-hetero) is 1. The summed E-state index contributed by atoms with van der Waals surface area (Å²) >= 11 is 0. The van der Waals surface area contributed by atoms with Gasteiger partial charge in [0.25, 0.3) is 0 Å². The lowest BCUT2D eigenvalue weighted by atomic mass is 9.76. The minimum Gasteiger partial charge on any atom is -0.298 e. The maximum absolute atomic E-state index is 12.9. The fraction of sp³-hybridized carbons (Fsp3) is 0.316. The van der Waals surface area contributed by atoms with E-state index >= 15 is 0 Å². The highest BCUT2D eigenvalue weighted by Crippen LogP contribution is 2.33. The van der Waals surface area contributed by atoms with Crippen LogP contribution in [0.5, 0.6) is 0 Å². The van der Waals surface area contributed by atoms with E-state index in [-0.39, 0.29) is 17.1 Å². The summed E-state index contributed by atoms with van der Waals surface area (Å²) < 4.78 is 0. The largest absolute Gasteiger partial charge is 0.298 e. The average molecular weight is 266 g/mol. The van der Waals surface area contributed by atoms with Gasteiger partial charge in [-0.1, -0.05) is 80.9 Å². The predicted molar refractivity (Wildman–Crippen MR) is 83.9 cm³/mol. The summed E-state index contributed by atoms with van der Waals surface area (Å²) in [5, 5.41) is 0.